The second-order valence-corrected chi connectivity index (χ2v) is 4.01. The second-order valence-electron chi connectivity index (χ2n) is 4.01. The zero-order valence-electron chi connectivity index (χ0n) is 8.81. The fourth-order valence-electron chi connectivity index (χ4n) is 1.95. The first-order valence-electron chi connectivity index (χ1n) is 5.45. The third-order valence-corrected chi connectivity index (χ3v) is 2.89. The highest BCUT2D eigenvalue weighted by molar-refractivity contribution is 5.85. The molecule has 0 aromatic heterocycles. The van der Waals surface area contributed by atoms with E-state index in [0.29, 0.717) is 6.54 Å². The first-order valence-corrected chi connectivity index (χ1v) is 5.45. The molecule has 3 heteroatoms. The minimum Gasteiger partial charge on any atom is -0.355 e. The van der Waals surface area contributed by atoms with E-state index < -0.39 is 5.41 Å². The second kappa shape index (κ2) is 4.99. The van der Waals surface area contributed by atoms with Crippen molar-refractivity contribution < 1.29 is 4.79 Å². The van der Waals surface area contributed by atoms with Gasteiger partial charge in [-0.25, -0.2) is 0 Å². The molecule has 1 saturated carbocycles. The predicted molar refractivity (Wildman–Crippen MR) is 54.4 cm³/mol. The molecule has 0 unspecified atom stereocenters. The van der Waals surface area contributed by atoms with E-state index in [1.165, 1.54) is 0 Å². The van der Waals surface area contributed by atoms with E-state index >= 15 is 0 Å². The quantitative estimate of drug-likeness (QED) is 0.747. The molecule has 0 aliphatic heterocycles. The third-order valence-electron chi connectivity index (χ3n) is 2.89. The lowest BCUT2D eigenvalue weighted by molar-refractivity contribution is -0.129. The molecule has 0 spiro atoms. The first-order chi connectivity index (χ1) is 6.75. The summed E-state index contributed by atoms with van der Waals surface area (Å²) in [6, 6.07) is 2.21. The number of carbonyl (C=O) groups is 1. The zero-order valence-corrected chi connectivity index (χ0v) is 8.81. The molecule has 78 valence electrons. The third kappa shape index (κ3) is 2.25. The molecular formula is C11H18N2O. The van der Waals surface area contributed by atoms with Gasteiger partial charge in [0.2, 0.25) is 5.91 Å². The smallest absolute Gasteiger partial charge is 0.240 e. The molecule has 0 saturated heterocycles. The Morgan fingerprint density at radius 2 is 2.07 bits per heavy atom. The number of amides is 1. The summed E-state index contributed by atoms with van der Waals surface area (Å²) in [5.41, 5.74) is -0.715. The number of nitrogens with zero attached hydrogens (tertiary/aromatic N) is 1. The Bertz CT molecular complexity index is 236. The SMILES string of the molecule is CCCNC(=O)C1(C#N)CCCCC1. The van der Waals surface area contributed by atoms with Crippen LogP contribution >= 0.6 is 0 Å². The maximum atomic E-state index is 11.8. The molecule has 3 nitrogen and oxygen atoms in total. The van der Waals surface area contributed by atoms with Crippen LogP contribution in [0.5, 0.6) is 0 Å². The van der Waals surface area contributed by atoms with E-state index in [1.807, 2.05) is 6.92 Å². The van der Waals surface area contributed by atoms with Crippen molar-refractivity contribution in [2.45, 2.75) is 45.4 Å². The van der Waals surface area contributed by atoms with Crippen LogP contribution in [0.2, 0.25) is 0 Å². The van der Waals surface area contributed by atoms with Crippen LogP contribution < -0.4 is 5.32 Å². The molecule has 0 heterocycles. The van der Waals surface area contributed by atoms with Crippen LogP contribution in [0, 0.1) is 16.7 Å². The van der Waals surface area contributed by atoms with E-state index in [9.17, 15) is 4.79 Å². The Hall–Kier alpha value is -1.04. The van der Waals surface area contributed by atoms with Gasteiger partial charge in [-0.05, 0) is 19.3 Å². The van der Waals surface area contributed by atoms with E-state index in [1.54, 1.807) is 0 Å². The van der Waals surface area contributed by atoms with E-state index in [4.69, 9.17) is 5.26 Å². The highest BCUT2D eigenvalue weighted by atomic mass is 16.2. The standard InChI is InChI=1S/C11H18N2O/c1-2-8-13-10(14)11(9-12)6-4-3-5-7-11/h2-8H2,1H3,(H,13,14). The molecule has 0 atom stereocenters. The summed E-state index contributed by atoms with van der Waals surface area (Å²) in [6.45, 7) is 2.70. The average Bonchev–Trinajstić information content (AvgIpc) is 2.26. The van der Waals surface area contributed by atoms with Crippen LogP contribution in [0.25, 0.3) is 0 Å². The van der Waals surface area contributed by atoms with Gasteiger partial charge in [0.25, 0.3) is 0 Å². The Morgan fingerprint density at radius 1 is 1.43 bits per heavy atom. The maximum absolute atomic E-state index is 11.8. The van der Waals surface area contributed by atoms with E-state index in [-0.39, 0.29) is 5.91 Å². The lowest BCUT2D eigenvalue weighted by Crippen LogP contribution is -2.41. The summed E-state index contributed by atoms with van der Waals surface area (Å²) in [4.78, 5) is 11.8. The topological polar surface area (TPSA) is 52.9 Å². The minimum atomic E-state index is -0.715. The summed E-state index contributed by atoms with van der Waals surface area (Å²) in [7, 11) is 0. The molecule has 14 heavy (non-hydrogen) atoms. The molecule has 0 aromatic carbocycles. The minimum absolute atomic E-state index is 0.0541. The predicted octanol–water partition coefficient (Wildman–Crippen LogP) is 1.99. The zero-order chi connectivity index (χ0) is 10.4. The lowest BCUT2D eigenvalue weighted by Gasteiger charge is -2.29. The summed E-state index contributed by atoms with van der Waals surface area (Å²) in [6.07, 6.45) is 5.57. The van der Waals surface area contributed by atoms with Crippen molar-refractivity contribution in [2.24, 2.45) is 5.41 Å². The Labute approximate surface area is 85.5 Å². The molecular weight excluding hydrogens is 176 g/mol. The van der Waals surface area contributed by atoms with Crippen LogP contribution in [0.4, 0.5) is 0 Å². The van der Waals surface area contributed by atoms with Crippen molar-refractivity contribution in [3.8, 4) is 6.07 Å². The fourth-order valence-corrected chi connectivity index (χ4v) is 1.95. The average molecular weight is 194 g/mol. The first kappa shape index (κ1) is 11.0. The number of hydrogen-bond acceptors (Lipinski definition) is 2. The number of hydrogen-bond donors (Lipinski definition) is 1. The largest absolute Gasteiger partial charge is 0.355 e. The summed E-state index contributed by atoms with van der Waals surface area (Å²) in [5, 5.41) is 11.9. The monoisotopic (exact) mass is 194 g/mol. The van der Waals surface area contributed by atoms with Gasteiger partial charge in [-0.1, -0.05) is 26.2 Å². The van der Waals surface area contributed by atoms with Crippen LogP contribution in [-0.2, 0) is 4.79 Å². The lowest BCUT2D eigenvalue weighted by atomic mass is 9.74. The highest BCUT2D eigenvalue weighted by Gasteiger charge is 2.39. The van der Waals surface area contributed by atoms with Crippen molar-refractivity contribution >= 4 is 5.91 Å². The van der Waals surface area contributed by atoms with Gasteiger partial charge in [-0.15, -0.1) is 0 Å². The molecule has 1 N–H and O–H groups in total. The molecule has 0 radical (unpaired) electrons. The number of rotatable bonds is 3. The van der Waals surface area contributed by atoms with Crippen molar-refractivity contribution in [3.05, 3.63) is 0 Å². The number of nitrogens with one attached hydrogen (secondary N) is 1. The maximum Gasteiger partial charge on any atom is 0.240 e. The van der Waals surface area contributed by atoms with Crippen molar-refractivity contribution in [2.75, 3.05) is 6.54 Å². The van der Waals surface area contributed by atoms with Gasteiger partial charge in [0.05, 0.1) is 6.07 Å². The molecule has 0 bridgehead atoms. The summed E-state index contributed by atoms with van der Waals surface area (Å²) in [5.74, 6) is -0.0541. The van der Waals surface area contributed by atoms with Crippen molar-refractivity contribution in [3.63, 3.8) is 0 Å². The van der Waals surface area contributed by atoms with Gasteiger partial charge in [0.1, 0.15) is 5.41 Å². The normalized spacial score (nSPS) is 19.7. The number of carbonyl (C=O) groups excluding carboxylic acids is 1. The van der Waals surface area contributed by atoms with Gasteiger partial charge < -0.3 is 5.32 Å². The van der Waals surface area contributed by atoms with E-state index in [0.717, 1.165) is 38.5 Å². The van der Waals surface area contributed by atoms with Gasteiger partial charge in [0, 0.05) is 6.54 Å². The number of nitriles is 1. The Balaban J connectivity index is 2.59. The molecule has 1 fully saturated rings. The highest BCUT2D eigenvalue weighted by Crippen LogP contribution is 2.35. The Morgan fingerprint density at radius 3 is 2.57 bits per heavy atom. The molecule has 1 amide bonds. The summed E-state index contributed by atoms with van der Waals surface area (Å²) >= 11 is 0. The van der Waals surface area contributed by atoms with Crippen LogP contribution in [0.3, 0.4) is 0 Å². The molecule has 0 aromatic rings. The van der Waals surface area contributed by atoms with Crippen molar-refractivity contribution in [1.29, 1.82) is 5.26 Å². The van der Waals surface area contributed by atoms with Gasteiger partial charge >= 0.3 is 0 Å². The molecule has 1 aliphatic carbocycles. The molecule has 1 rings (SSSR count). The van der Waals surface area contributed by atoms with Gasteiger partial charge in [0.15, 0.2) is 0 Å². The summed E-state index contributed by atoms with van der Waals surface area (Å²) < 4.78 is 0. The van der Waals surface area contributed by atoms with Crippen LogP contribution in [0.1, 0.15) is 45.4 Å². The fraction of sp³-hybridized carbons (Fsp3) is 0.818. The van der Waals surface area contributed by atoms with Crippen LogP contribution in [-0.4, -0.2) is 12.5 Å². The van der Waals surface area contributed by atoms with Crippen LogP contribution in [0.15, 0.2) is 0 Å². The van der Waals surface area contributed by atoms with Gasteiger partial charge in [-0.2, -0.15) is 5.26 Å². The Kier molecular flexibility index (Phi) is 3.94. The molecule has 1 aliphatic rings. The van der Waals surface area contributed by atoms with E-state index in [2.05, 4.69) is 11.4 Å². The van der Waals surface area contributed by atoms with Gasteiger partial charge in [-0.3, -0.25) is 4.79 Å². The van der Waals surface area contributed by atoms with Crippen molar-refractivity contribution in [1.82, 2.24) is 5.32 Å².